The van der Waals surface area contributed by atoms with Crippen LogP contribution in [-0.2, 0) is 6.54 Å². The normalized spacial score (nSPS) is 10.9. The SMILES string of the molecule is CNc1nc(NCc2cc(C)c(C)s2)c2ccsc2n1. The van der Waals surface area contributed by atoms with E-state index in [1.165, 1.54) is 15.3 Å². The highest BCUT2D eigenvalue weighted by Crippen LogP contribution is 2.27. The molecule has 3 rings (SSSR count). The van der Waals surface area contributed by atoms with E-state index in [1.54, 1.807) is 11.3 Å². The molecule has 20 heavy (non-hydrogen) atoms. The fraction of sp³-hybridized carbons (Fsp3) is 0.286. The lowest BCUT2D eigenvalue weighted by Crippen LogP contribution is -2.04. The summed E-state index contributed by atoms with van der Waals surface area (Å²) in [6.07, 6.45) is 0. The van der Waals surface area contributed by atoms with Gasteiger partial charge in [-0.1, -0.05) is 0 Å². The van der Waals surface area contributed by atoms with Gasteiger partial charge in [-0.3, -0.25) is 0 Å². The Kier molecular flexibility index (Phi) is 3.58. The first-order valence-corrected chi connectivity index (χ1v) is 8.10. The number of hydrogen-bond acceptors (Lipinski definition) is 6. The Morgan fingerprint density at radius 1 is 1.25 bits per heavy atom. The molecule has 0 unspecified atom stereocenters. The van der Waals surface area contributed by atoms with Gasteiger partial charge in [-0.05, 0) is 36.9 Å². The van der Waals surface area contributed by atoms with Crippen molar-refractivity contribution >= 4 is 44.7 Å². The number of nitrogens with zero attached hydrogens (tertiary/aromatic N) is 2. The highest BCUT2D eigenvalue weighted by Gasteiger charge is 2.09. The van der Waals surface area contributed by atoms with Crippen LogP contribution in [-0.4, -0.2) is 17.0 Å². The van der Waals surface area contributed by atoms with Crippen molar-refractivity contribution in [2.75, 3.05) is 17.7 Å². The molecule has 2 N–H and O–H groups in total. The number of anilines is 2. The smallest absolute Gasteiger partial charge is 0.225 e. The van der Waals surface area contributed by atoms with E-state index in [0.29, 0.717) is 5.95 Å². The van der Waals surface area contributed by atoms with Gasteiger partial charge in [0.2, 0.25) is 5.95 Å². The number of aromatic nitrogens is 2. The summed E-state index contributed by atoms with van der Waals surface area (Å²) in [5, 5.41) is 9.57. The van der Waals surface area contributed by atoms with E-state index in [1.807, 2.05) is 23.8 Å². The topological polar surface area (TPSA) is 49.8 Å². The van der Waals surface area contributed by atoms with E-state index in [0.717, 1.165) is 22.6 Å². The van der Waals surface area contributed by atoms with Crippen LogP contribution >= 0.6 is 22.7 Å². The van der Waals surface area contributed by atoms with E-state index in [4.69, 9.17) is 0 Å². The molecule has 0 saturated carbocycles. The molecule has 0 radical (unpaired) electrons. The molecule has 6 heteroatoms. The number of hydrogen-bond donors (Lipinski definition) is 2. The van der Waals surface area contributed by atoms with E-state index in [2.05, 4.69) is 46.6 Å². The Labute approximate surface area is 125 Å². The summed E-state index contributed by atoms with van der Waals surface area (Å²) in [6, 6.07) is 4.30. The molecule has 4 nitrogen and oxygen atoms in total. The fourth-order valence-corrected chi connectivity index (χ4v) is 3.77. The average Bonchev–Trinajstić information content (AvgIpc) is 3.03. The molecule has 0 bridgehead atoms. The Hall–Kier alpha value is -1.66. The standard InChI is InChI=1S/C14H16N4S2/c1-8-6-10(20-9(8)2)7-16-12-11-4-5-19-13(11)18-14(15-3)17-12/h4-6H,7H2,1-3H3,(H2,15,16,17,18). The molecule has 3 aromatic rings. The first kappa shape index (κ1) is 13.3. The second-order valence-corrected chi connectivity index (χ2v) is 6.83. The van der Waals surface area contributed by atoms with Crippen molar-refractivity contribution in [3.63, 3.8) is 0 Å². The maximum atomic E-state index is 4.51. The van der Waals surface area contributed by atoms with Crippen molar-refractivity contribution < 1.29 is 0 Å². The van der Waals surface area contributed by atoms with Crippen LogP contribution < -0.4 is 10.6 Å². The molecule has 0 atom stereocenters. The highest BCUT2D eigenvalue weighted by molar-refractivity contribution is 7.16. The van der Waals surface area contributed by atoms with Gasteiger partial charge in [-0.15, -0.1) is 22.7 Å². The van der Waals surface area contributed by atoms with Crippen LogP contribution in [0.1, 0.15) is 15.3 Å². The van der Waals surface area contributed by atoms with Gasteiger partial charge in [-0.25, -0.2) is 4.98 Å². The molecular weight excluding hydrogens is 288 g/mol. The van der Waals surface area contributed by atoms with Crippen LogP contribution in [0.4, 0.5) is 11.8 Å². The molecule has 0 saturated heterocycles. The van der Waals surface area contributed by atoms with E-state index in [-0.39, 0.29) is 0 Å². The summed E-state index contributed by atoms with van der Waals surface area (Å²) in [6.45, 7) is 5.10. The largest absolute Gasteiger partial charge is 0.364 e. The van der Waals surface area contributed by atoms with Crippen molar-refractivity contribution in [2.45, 2.75) is 20.4 Å². The summed E-state index contributed by atoms with van der Waals surface area (Å²) in [5.41, 5.74) is 1.35. The van der Waals surface area contributed by atoms with Crippen molar-refractivity contribution in [1.29, 1.82) is 0 Å². The third-order valence-corrected chi connectivity index (χ3v) is 5.15. The third kappa shape index (κ3) is 2.48. The summed E-state index contributed by atoms with van der Waals surface area (Å²) < 4.78 is 0. The Bertz CT molecular complexity index is 725. The lowest BCUT2D eigenvalue weighted by molar-refractivity contribution is 1.12. The summed E-state index contributed by atoms with van der Waals surface area (Å²) >= 11 is 3.46. The predicted molar refractivity (Wildman–Crippen MR) is 88.1 cm³/mol. The second-order valence-electron chi connectivity index (χ2n) is 4.59. The minimum absolute atomic E-state index is 0.654. The zero-order chi connectivity index (χ0) is 14.1. The first-order chi connectivity index (χ1) is 9.67. The van der Waals surface area contributed by atoms with Gasteiger partial charge in [0.15, 0.2) is 0 Å². The number of nitrogens with one attached hydrogen (secondary N) is 2. The number of aryl methyl sites for hydroxylation is 2. The molecule has 0 fully saturated rings. The Morgan fingerprint density at radius 2 is 2.10 bits per heavy atom. The van der Waals surface area contributed by atoms with E-state index in [9.17, 15) is 0 Å². The fourth-order valence-electron chi connectivity index (χ4n) is 2.01. The van der Waals surface area contributed by atoms with E-state index >= 15 is 0 Å². The molecular formula is C14H16N4S2. The first-order valence-electron chi connectivity index (χ1n) is 6.40. The van der Waals surface area contributed by atoms with Crippen LogP contribution in [0.5, 0.6) is 0 Å². The third-order valence-electron chi connectivity index (χ3n) is 3.20. The number of fused-ring (bicyclic) bond motifs is 1. The number of thiophene rings is 2. The zero-order valence-electron chi connectivity index (χ0n) is 11.7. The van der Waals surface area contributed by atoms with Crippen molar-refractivity contribution in [3.05, 3.63) is 32.8 Å². The van der Waals surface area contributed by atoms with E-state index < -0.39 is 0 Å². The quantitative estimate of drug-likeness (QED) is 0.764. The molecule has 104 valence electrons. The van der Waals surface area contributed by atoms with Crippen LogP contribution in [0, 0.1) is 13.8 Å². The zero-order valence-corrected chi connectivity index (χ0v) is 13.3. The molecule has 3 aromatic heterocycles. The minimum atomic E-state index is 0.654. The monoisotopic (exact) mass is 304 g/mol. The number of rotatable bonds is 4. The van der Waals surface area contributed by atoms with Crippen LogP contribution in [0.25, 0.3) is 10.2 Å². The van der Waals surface area contributed by atoms with Gasteiger partial charge in [-0.2, -0.15) is 4.98 Å². The average molecular weight is 304 g/mol. The maximum Gasteiger partial charge on any atom is 0.225 e. The van der Waals surface area contributed by atoms with Gasteiger partial charge in [0.25, 0.3) is 0 Å². The lowest BCUT2D eigenvalue weighted by atomic mass is 10.3. The Balaban J connectivity index is 1.88. The Morgan fingerprint density at radius 3 is 2.80 bits per heavy atom. The molecule has 0 aliphatic rings. The molecule has 3 heterocycles. The van der Waals surface area contributed by atoms with Crippen LogP contribution in [0.3, 0.4) is 0 Å². The lowest BCUT2D eigenvalue weighted by Gasteiger charge is -2.07. The van der Waals surface area contributed by atoms with Crippen molar-refractivity contribution in [3.8, 4) is 0 Å². The van der Waals surface area contributed by atoms with Gasteiger partial charge in [0.1, 0.15) is 10.6 Å². The maximum absolute atomic E-state index is 4.51. The van der Waals surface area contributed by atoms with Gasteiger partial charge in [0.05, 0.1) is 11.9 Å². The minimum Gasteiger partial charge on any atom is -0.364 e. The van der Waals surface area contributed by atoms with Crippen molar-refractivity contribution in [2.24, 2.45) is 0 Å². The summed E-state index contributed by atoms with van der Waals surface area (Å²) in [4.78, 5) is 12.7. The summed E-state index contributed by atoms with van der Waals surface area (Å²) in [7, 11) is 1.84. The van der Waals surface area contributed by atoms with Gasteiger partial charge < -0.3 is 10.6 Å². The van der Waals surface area contributed by atoms with Crippen LogP contribution in [0.15, 0.2) is 17.5 Å². The van der Waals surface area contributed by atoms with Crippen LogP contribution in [0.2, 0.25) is 0 Å². The van der Waals surface area contributed by atoms with Gasteiger partial charge >= 0.3 is 0 Å². The molecule has 0 spiro atoms. The van der Waals surface area contributed by atoms with Crippen molar-refractivity contribution in [1.82, 2.24) is 9.97 Å². The predicted octanol–water partition coefficient (Wildman–Crippen LogP) is 4.02. The summed E-state index contributed by atoms with van der Waals surface area (Å²) in [5.74, 6) is 1.55. The highest BCUT2D eigenvalue weighted by atomic mass is 32.1. The molecule has 0 aliphatic heterocycles. The molecule has 0 aromatic carbocycles. The molecule has 0 amide bonds. The van der Waals surface area contributed by atoms with Gasteiger partial charge in [0, 0.05) is 16.8 Å². The molecule has 0 aliphatic carbocycles. The second kappa shape index (κ2) is 5.38.